The first-order valence-electron chi connectivity index (χ1n) is 9.10. The first kappa shape index (κ1) is 22.2. The molecule has 4 rings (SSSR count). The molecule has 3 aromatic rings. The molecule has 3 heterocycles. The number of nitrogens with one attached hydrogen (secondary N) is 2. The first-order chi connectivity index (χ1) is 14.6. The van der Waals surface area contributed by atoms with E-state index in [1.54, 1.807) is 13.4 Å². The molecule has 0 aliphatic carbocycles. The molecule has 0 saturated heterocycles. The van der Waals surface area contributed by atoms with Gasteiger partial charge < -0.3 is 24.4 Å². The van der Waals surface area contributed by atoms with E-state index in [9.17, 15) is 23.1 Å². The van der Waals surface area contributed by atoms with Gasteiger partial charge in [0.1, 0.15) is 17.6 Å². The largest absolute Gasteiger partial charge is 0.497 e. The first-order valence-corrected chi connectivity index (χ1v) is 9.10. The molecule has 4 N–H and O–H groups in total. The number of H-pyrrole nitrogens is 1. The third kappa shape index (κ3) is 4.82. The number of fused-ring (bicyclic) bond motifs is 3. The third-order valence-corrected chi connectivity index (χ3v) is 4.86. The van der Waals surface area contributed by atoms with E-state index >= 15 is 0 Å². The van der Waals surface area contributed by atoms with Crippen LogP contribution >= 0.6 is 0 Å². The van der Waals surface area contributed by atoms with Gasteiger partial charge in [0.2, 0.25) is 0 Å². The predicted molar refractivity (Wildman–Crippen MR) is 102 cm³/mol. The average molecular weight is 440 g/mol. The highest BCUT2D eigenvalue weighted by Gasteiger charge is 2.38. The SMILES string of the molecule is COc1ccc2[nH]c3c(c2c1)C(Cc1ccco1)CNC3C(=O)O.O=C(O)C(F)(F)F. The molecule has 1 aromatic carbocycles. The maximum absolute atomic E-state index is 11.6. The number of methoxy groups -OCH3 is 1. The lowest BCUT2D eigenvalue weighted by molar-refractivity contribution is -0.192. The van der Waals surface area contributed by atoms with Crippen LogP contribution in [0.1, 0.15) is 29.0 Å². The highest BCUT2D eigenvalue weighted by molar-refractivity contribution is 5.89. The van der Waals surface area contributed by atoms with E-state index < -0.39 is 24.2 Å². The Morgan fingerprint density at radius 2 is 1.97 bits per heavy atom. The number of hydrogen-bond acceptors (Lipinski definition) is 5. The van der Waals surface area contributed by atoms with Crippen molar-refractivity contribution in [3.05, 3.63) is 53.6 Å². The van der Waals surface area contributed by atoms with Crippen LogP contribution in [0.2, 0.25) is 0 Å². The van der Waals surface area contributed by atoms with Crippen molar-refractivity contribution in [2.45, 2.75) is 24.6 Å². The number of halogens is 3. The Hall–Kier alpha value is -3.47. The lowest BCUT2D eigenvalue weighted by Crippen LogP contribution is -2.38. The van der Waals surface area contributed by atoms with Crippen LogP contribution in [0.3, 0.4) is 0 Å². The summed E-state index contributed by atoms with van der Waals surface area (Å²) >= 11 is 0. The van der Waals surface area contributed by atoms with Crippen LogP contribution in [-0.4, -0.2) is 47.0 Å². The van der Waals surface area contributed by atoms with E-state index in [1.165, 1.54) is 0 Å². The molecular formula is C20H19F3N2O6. The fraction of sp³-hybridized carbons (Fsp3) is 0.300. The molecule has 2 aromatic heterocycles. The number of rotatable bonds is 4. The third-order valence-electron chi connectivity index (χ3n) is 4.86. The Morgan fingerprint density at radius 1 is 1.26 bits per heavy atom. The van der Waals surface area contributed by atoms with Crippen molar-refractivity contribution in [3.63, 3.8) is 0 Å². The number of alkyl halides is 3. The van der Waals surface area contributed by atoms with Gasteiger partial charge in [0.25, 0.3) is 0 Å². The molecule has 2 unspecified atom stereocenters. The van der Waals surface area contributed by atoms with Crippen molar-refractivity contribution < 1.29 is 42.1 Å². The molecule has 8 nitrogen and oxygen atoms in total. The minimum absolute atomic E-state index is 0.127. The van der Waals surface area contributed by atoms with Crippen LogP contribution in [0.4, 0.5) is 13.2 Å². The Balaban J connectivity index is 0.000000339. The molecule has 166 valence electrons. The van der Waals surface area contributed by atoms with Gasteiger partial charge in [-0.1, -0.05) is 0 Å². The van der Waals surface area contributed by atoms with Gasteiger partial charge in [-0.25, -0.2) is 4.79 Å². The molecule has 0 bridgehead atoms. The van der Waals surface area contributed by atoms with Crippen LogP contribution in [-0.2, 0) is 16.0 Å². The van der Waals surface area contributed by atoms with Crippen LogP contribution in [0, 0.1) is 0 Å². The topological polar surface area (TPSA) is 125 Å². The summed E-state index contributed by atoms with van der Waals surface area (Å²) in [6, 6.07) is 8.84. The molecule has 2 atom stereocenters. The summed E-state index contributed by atoms with van der Waals surface area (Å²) < 4.78 is 42.5. The molecule has 0 spiro atoms. The number of aliphatic carboxylic acids is 2. The van der Waals surface area contributed by atoms with Crippen molar-refractivity contribution in [2.24, 2.45) is 0 Å². The summed E-state index contributed by atoms with van der Waals surface area (Å²) in [6.45, 7) is 0.578. The second kappa shape index (κ2) is 8.72. The van der Waals surface area contributed by atoms with E-state index in [1.807, 2.05) is 30.3 Å². The van der Waals surface area contributed by atoms with Gasteiger partial charge in [0.05, 0.1) is 13.4 Å². The lowest BCUT2D eigenvalue weighted by atomic mass is 9.86. The van der Waals surface area contributed by atoms with Crippen LogP contribution < -0.4 is 10.1 Å². The van der Waals surface area contributed by atoms with Gasteiger partial charge in [0, 0.05) is 35.5 Å². The second-order valence-corrected chi connectivity index (χ2v) is 6.83. The van der Waals surface area contributed by atoms with Gasteiger partial charge in [-0.05, 0) is 35.9 Å². The summed E-state index contributed by atoms with van der Waals surface area (Å²) in [5.74, 6) is -1.87. The Labute approximate surface area is 173 Å². The molecule has 0 amide bonds. The highest BCUT2D eigenvalue weighted by atomic mass is 19.4. The molecule has 1 aliphatic rings. The number of hydrogen-bond donors (Lipinski definition) is 4. The number of carboxylic acids is 2. The summed E-state index contributed by atoms with van der Waals surface area (Å²) in [5, 5.41) is 20.8. The maximum atomic E-state index is 11.6. The summed E-state index contributed by atoms with van der Waals surface area (Å²) in [7, 11) is 1.63. The summed E-state index contributed by atoms with van der Waals surface area (Å²) in [4.78, 5) is 23.8. The minimum Gasteiger partial charge on any atom is -0.497 e. The fourth-order valence-electron chi connectivity index (χ4n) is 3.53. The molecule has 1 aliphatic heterocycles. The highest BCUT2D eigenvalue weighted by Crippen LogP contribution is 2.39. The predicted octanol–water partition coefficient (Wildman–Crippen LogP) is 3.46. The zero-order chi connectivity index (χ0) is 22.8. The monoisotopic (exact) mass is 440 g/mol. The zero-order valence-electron chi connectivity index (χ0n) is 16.2. The van der Waals surface area contributed by atoms with Gasteiger partial charge in [-0.3, -0.25) is 10.1 Å². The van der Waals surface area contributed by atoms with Crippen LogP contribution in [0.5, 0.6) is 5.75 Å². The van der Waals surface area contributed by atoms with Crippen LogP contribution in [0.15, 0.2) is 41.0 Å². The van der Waals surface area contributed by atoms with E-state index in [2.05, 4.69) is 10.3 Å². The van der Waals surface area contributed by atoms with Crippen molar-refractivity contribution in [3.8, 4) is 5.75 Å². The normalized spacial score (nSPS) is 18.1. The summed E-state index contributed by atoms with van der Waals surface area (Å²) in [5.41, 5.74) is 2.67. The lowest BCUT2D eigenvalue weighted by Gasteiger charge is -2.28. The van der Waals surface area contributed by atoms with E-state index in [0.29, 0.717) is 18.7 Å². The average Bonchev–Trinajstić information content (AvgIpc) is 3.34. The Kier molecular flexibility index (Phi) is 6.25. The minimum atomic E-state index is -5.08. The smallest absolute Gasteiger partial charge is 0.490 e. The number of benzene rings is 1. The number of carboxylic acid groups (broad SMARTS) is 2. The molecule has 0 radical (unpaired) electrons. The zero-order valence-corrected chi connectivity index (χ0v) is 16.2. The number of furan rings is 1. The standard InChI is InChI=1S/C18H18N2O4.C2HF3O2/c1-23-11-4-5-14-13(8-11)15-10(7-12-3-2-6-24-12)9-19-17(18(21)22)16(15)20-14;3-2(4,5)1(6)7/h2-6,8,10,17,19-20H,7,9H2,1H3,(H,21,22);(H,6,7). The second-order valence-electron chi connectivity index (χ2n) is 6.83. The molecule has 31 heavy (non-hydrogen) atoms. The van der Waals surface area contributed by atoms with Gasteiger partial charge >= 0.3 is 18.1 Å². The molecular weight excluding hydrogens is 421 g/mol. The van der Waals surface area contributed by atoms with Crippen molar-refractivity contribution in [1.82, 2.24) is 10.3 Å². The number of aromatic amines is 1. The maximum Gasteiger partial charge on any atom is 0.490 e. The molecule has 0 saturated carbocycles. The van der Waals surface area contributed by atoms with Crippen LogP contribution in [0.25, 0.3) is 10.9 Å². The Morgan fingerprint density at radius 3 is 2.52 bits per heavy atom. The fourth-order valence-corrected chi connectivity index (χ4v) is 3.53. The van der Waals surface area contributed by atoms with Crippen molar-refractivity contribution in [2.75, 3.05) is 13.7 Å². The van der Waals surface area contributed by atoms with E-state index in [4.69, 9.17) is 19.1 Å². The van der Waals surface area contributed by atoms with Gasteiger partial charge in [0.15, 0.2) is 0 Å². The van der Waals surface area contributed by atoms with Crippen molar-refractivity contribution >= 4 is 22.8 Å². The summed E-state index contributed by atoms with van der Waals surface area (Å²) in [6.07, 6.45) is -2.71. The number of carbonyl (C=O) groups is 2. The van der Waals surface area contributed by atoms with E-state index in [-0.39, 0.29) is 5.92 Å². The number of ether oxygens (including phenoxy) is 1. The number of aromatic nitrogens is 1. The van der Waals surface area contributed by atoms with E-state index in [0.717, 1.165) is 28.0 Å². The van der Waals surface area contributed by atoms with Gasteiger partial charge in [-0.15, -0.1) is 0 Å². The quantitative estimate of drug-likeness (QED) is 0.490. The van der Waals surface area contributed by atoms with Gasteiger partial charge in [-0.2, -0.15) is 13.2 Å². The Bertz CT molecular complexity index is 1070. The molecule has 11 heteroatoms. The van der Waals surface area contributed by atoms with Crippen molar-refractivity contribution in [1.29, 1.82) is 0 Å². The molecule has 0 fully saturated rings.